The molecule has 0 aliphatic heterocycles. The SMILES string of the molecule is COc1cc(/C=N/NC(=Nc2ccc(C)cc2)c2ccc3ccccc3n2)ccc1OC(C)C. The summed E-state index contributed by atoms with van der Waals surface area (Å²) in [6, 6.07) is 25.7. The average Bonchev–Trinajstić information content (AvgIpc) is 2.85. The highest BCUT2D eigenvalue weighted by atomic mass is 16.5. The van der Waals surface area contributed by atoms with E-state index in [1.54, 1.807) is 13.3 Å². The van der Waals surface area contributed by atoms with Crippen molar-refractivity contribution in [2.75, 3.05) is 7.11 Å². The number of methoxy groups -OCH3 is 1. The maximum Gasteiger partial charge on any atom is 0.173 e. The van der Waals surface area contributed by atoms with Crippen molar-refractivity contribution in [3.05, 3.63) is 95.7 Å². The predicted octanol–water partition coefficient (Wildman–Crippen LogP) is 6.04. The second-order valence-electron chi connectivity index (χ2n) is 8.13. The fraction of sp³-hybridized carbons (Fsp3) is 0.179. The number of nitrogens with one attached hydrogen (secondary N) is 1. The van der Waals surface area contributed by atoms with Gasteiger partial charge in [0.2, 0.25) is 0 Å². The number of aliphatic imine (C=N–C) groups is 1. The average molecular weight is 453 g/mol. The quantitative estimate of drug-likeness (QED) is 0.211. The van der Waals surface area contributed by atoms with Crippen molar-refractivity contribution < 1.29 is 9.47 Å². The van der Waals surface area contributed by atoms with E-state index in [1.807, 2.05) is 99.6 Å². The monoisotopic (exact) mass is 452 g/mol. The van der Waals surface area contributed by atoms with Gasteiger partial charge >= 0.3 is 0 Å². The normalized spacial score (nSPS) is 11.9. The summed E-state index contributed by atoms with van der Waals surface area (Å²) in [4.78, 5) is 9.55. The zero-order valence-electron chi connectivity index (χ0n) is 19.8. The first-order valence-electron chi connectivity index (χ1n) is 11.2. The summed E-state index contributed by atoms with van der Waals surface area (Å²) < 4.78 is 11.3. The van der Waals surface area contributed by atoms with Crippen LogP contribution in [0.15, 0.2) is 89.0 Å². The fourth-order valence-electron chi connectivity index (χ4n) is 3.37. The molecule has 1 N–H and O–H groups in total. The van der Waals surface area contributed by atoms with Gasteiger partial charge in [-0.25, -0.2) is 9.98 Å². The number of aromatic nitrogens is 1. The van der Waals surface area contributed by atoms with Crippen LogP contribution in [0.25, 0.3) is 10.9 Å². The molecule has 6 heteroatoms. The van der Waals surface area contributed by atoms with Crippen LogP contribution in [0.2, 0.25) is 0 Å². The minimum absolute atomic E-state index is 0.0603. The summed E-state index contributed by atoms with van der Waals surface area (Å²) in [5, 5.41) is 5.51. The minimum atomic E-state index is 0.0603. The van der Waals surface area contributed by atoms with Crippen LogP contribution in [-0.4, -0.2) is 30.2 Å². The van der Waals surface area contributed by atoms with Crippen LogP contribution in [0.3, 0.4) is 0 Å². The second-order valence-corrected chi connectivity index (χ2v) is 8.13. The van der Waals surface area contributed by atoms with Crippen molar-refractivity contribution in [3.8, 4) is 11.5 Å². The van der Waals surface area contributed by atoms with Gasteiger partial charge in [0.05, 0.1) is 30.6 Å². The molecular formula is C28H28N4O2. The Morgan fingerprint density at radius 3 is 2.50 bits per heavy atom. The van der Waals surface area contributed by atoms with E-state index in [4.69, 9.17) is 19.5 Å². The third kappa shape index (κ3) is 5.78. The van der Waals surface area contributed by atoms with Crippen molar-refractivity contribution >= 4 is 28.6 Å². The molecule has 0 saturated carbocycles. The Morgan fingerprint density at radius 1 is 0.941 bits per heavy atom. The predicted molar refractivity (Wildman–Crippen MR) is 139 cm³/mol. The Bertz CT molecular complexity index is 1330. The van der Waals surface area contributed by atoms with Gasteiger partial charge in [-0.1, -0.05) is 42.0 Å². The van der Waals surface area contributed by atoms with Gasteiger partial charge in [-0.15, -0.1) is 0 Å². The Labute approximate surface area is 200 Å². The molecule has 4 aromatic rings. The number of amidine groups is 1. The molecule has 6 nitrogen and oxygen atoms in total. The van der Waals surface area contributed by atoms with Crippen molar-refractivity contribution in [1.29, 1.82) is 0 Å². The lowest BCUT2D eigenvalue weighted by molar-refractivity contribution is 0.230. The molecule has 0 unspecified atom stereocenters. The van der Waals surface area contributed by atoms with Crippen LogP contribution in [0.4, 0.5) is 5.69 Å². The van der Waals surface area contributed by atoms with E-state index < -0.39 is 0 Å². The van der Waals surface area contributed by atoms with Gasteiger partial charge in [0.15, 0.2) is 17.3 Å². The molecule has 0 aliphatic rings. The van der Waals surface area contributed by atoms with E-state index in [0.29, 0.717) is 23.0 Å². The number of hydrazone groups is 1. The number of para-hydroxylation sites is 1. The highest BCUT2D eigenvalue weighted by molar-refractivity contribution is 6.00. The summed E-state index contributed by atoms with van der Waals surface area (Å²) in [6.07, 6.45) is 1.78. The van der Waals surface area contributed by atoms with E-state index in [1.165, 1.54) is 5.56 Å². The first-order chi connectivity index (χ1) is 16.5. The lowest BCUT2D eigenvalue weighted by Gasteiger charge is -2.13. The number of aryl methyl sites for hydroxylation is 1. The molecule has 3 aromatic carbocycles. The molecule has 34 heavy (non-hydrogen) atoms. The van der Waals surface area contributed by atoms with Crippen molar-refractivity contribution in [1.82, 2.24) is 10.4 Å². The Balaban J connectivity index is 1.63. The first kappa shape index (κ1) is 23.0. The van der Waals surface area contributed by atoms with E-state index >= 15 is 0 Å². The Kier molecular flexibility index (Phi) is 7.18. The van der Waals surface area contributed by atoms with Crippen molar-refractivity contribution in [2.45, 2.75) is 26.9 Å². The molecular weight excluding hydrogens is 424 g/mol. The molecule has 0 amide bonds. The molecule has 1 aromatic heterocycles. The minimum Gasteiger partial charge on any atom is -0.493 e. The van der Waals surface area contributed by atoms with Crippen LogP contribution in [-0.2, 0) is 0 Å². The number of hydrogen-bond donors (Lipinski definition) is 1. The van der Waals surface area contributed by atoms with Gasteiger partial charge < -0.3 is 9.47 Å². The number of nitrogens with zero attached hydrogens (tertiary/aromatic N) is 3. The second kappa shape index (κ2) is 10.6. The van der Waals surface area contributed by atoms with E-state index in [9.17, 15) is 0 Å². The highest BCUT2D eigenvalue weighted by Crippen LogP contribution is 2.28. The number of benzene rings is 3. The maximum atomic E-state index is 5.79. The van der Waals surface area contributed by atoms with Crippen LogP contribution in [0.5, 0.6) is 11.5 Å². The zero-order valence-corrected chi connectivity index (χ0v) is 19.8. The maximum absolute atomic E-state index is 5.79. The number of pyridine rings is 1. The van der Waals surface area contributed by atoms with Crippen LogP contribution in [0, 0.1) is 6.92 Å². The lowest BCUT2D eigenvalue weighted by Crippen LogP contribution is -2.20. The smallest absolute Gasteiger partial charge is 0.173 e. The summed E-state index contributed by atoms with van der Waals surface area (Å²) in [7, 11) is 1.62. The van der Waals surface area contributed by atoms with Gasteiger partial charge in [-0.05, 0) is 68.8 Å². The van der Waals surface area contributed by atoms with Crippen LogP contribution >= 0.6 is 0 Å². The summed E-state index contributed by atoms with van der Waals surface area (Å²) in [5.41, 5.74) is 7.53. The molecule has 0 saturated heterocycles. The van der Waals surface area contributed by atoms with E-state index in [2.05, 4.69) is 10.5 Å². The van der Waals surface area contributed by atoms with Gasteiger partial charge in [-0.2, -0.15) is 5.10 Å². The third-order valence-electron chi connectivity index (χ3n) is 5.05. The summed E-state index contributed by atoms with van der Waals surface area (Å²) >= 11 is 0. The topological polar surface area (TPSA) is 68.1 Å². The summed E-state index contributed by atoms with van der Waals surface area (Å²) in [5.74, 6) is 1.91. The lowest BCUT2D eigenvalue weighted by atomic mass is 10.2. The first-order valence-corrected chi connectivity index (χ1v) is 11.2. The largest absolute Gasteiger partial charge is 0.493 e. The Morgan fingerprint density at radius 2 is 1.74 bits per heavy atom. The highest BCUT2D eigenvalue weighted by Gasteiger charge is 2.08. The molecule has 0 aliphatic carbocycles. The van der Waals surface area contributed by atoms with Gasteiger partial charge in [0, 0.05) is 5.39 Å². The van der Waals surface area contributed by atoms with Gasteiger partial charge in [0.1, 0.15) is 5.69 Å². The molecule has 0 fully saturated rings. The fourth-order valence-corrected chi connectivity index (χ4v) is 3.37. The molecule has 0 spiro atoms. The Hall–Kier alpha value is -4.19. The van der Waals surface area contributed by atoms with Gasteiger partial charge in [-0.3, -0.25) is 5.43 Å². The van der Waals surface area contributed by atoms with E-state index in [0.717, 1.165) is 22.2 Å². The molecule has 4 rings (SSSR count). The number of ether oxygens (including phenoxy) is 2. The van der Waals surface area contributed by atoms with E-state index in [-0.39, 0.29) is 6.10 Å². The number of fused-ring (bicyclic) bond motifs is 1. The van der Waals surface area contributed by atoms with Gasteiger partial charge in [0.25, 0.3) is 0 Å². The zero-order chi connectivity index (χ0) is 23.9. The number of hydrogen-bond acceptors (Lipinski definition) is 5. The molecule has 1 heterocycles. The standard InChI is InChI=1S/C28H28N4O2/c1-19(2)34-26-16-11-21(17-27(26)33-4)18-29-32-28(30-23-13-9-20(3)10-14-23)25-15-12-22-7-5-6-8-24(22)31-25/h5-19H,1-4H3,(H,30,32)/b29-18+. The summed E-state index contributed by atoms with van der Waals surface area (Å²) in [6.45, 7) is 6.01. The molecule has 0 bridgehead atoms. The van der Waals surface area contributed by atoms with Crippen molar-refractivity contribution in [2.24, 2.45) is 10.1 Å². The molecule has 0 radical (unpaired) electrons. The third-order valence-corrected chi connectivity index (χ3v) is 5.05. The number of rotatable bonds is 7. The van der Waals surface area contributed by atoms with Crippen LogP contribution in [0.1, 0.15) is 30.7 Å². The molecule has 0 atom stereocenters. The molecule has 172 valence electrons. The van der Waals surface area contributed by atoms with Crippen LogP contribution < -0.4 is 14.9 Å². The van der Waals surface area contributed by atoms with Crippen molar-refractivity contribution in [3.63, 3.8) is 0 Å².